The lowest BCUT2D eigenvalue weighted by Crippen LogP contribution is -2.16. The maximum Gasteiger partial charge on any atom is 0.251 e. The Labute approximate surface area is 124 Å². The number of benzene rings is 2. The predicted octanol–water partition coefficient (Wildman–Crippen LogP) is 3.32. The van der Waals surface area contributed by atoms with E-state index in [1.54, 1.807) is 11.8 Å². The first-order valence-corrected chi connectivity index (χ1v) is 7.32. The first kappa shape index (κ1) is 13.9. The highest BCUT2D eigenvalue weighted by atomic mass is 32.2. The van der Waals surface area contributed by atoms with Gasteiger partial charge in [0.1, 0.15) is 11.6 Å². The van der Waals surface area contributed by atoms with E-state index in [0.29, 0.717) is 6.07 Å². The zero-order chi connectivity index (χ0) is 15.0. The number of nitrogens with two attached hydrogens (primary N) is 1. The molecule has 0 radical (unpaired) electrons. The van der Waals surface area contributed by atoms with E-state index in [4.69, 9.17) is 5.73 Å². The van der Waals surface area contributed by atoms with E-state index in [1.807, 2.05) is 24.3 Å². The smallest absolute Gasteiger partial charge is 0.251 e. The molecule has 0 saturated heterocycles. The van der Waals surface area contributed by atoms with Gasteiger partial charge in [0.2, 0.25) is 0 Å². The Hall–Kier alpha value is -2.08. The molecule has 2 aromatic rings. The predicted molar refractivity (Wildman–Crippen MR) is 78.4 cm³/mol. The SMILES string of the molecule is NC(=O)c1cc(NC2CSc3ccccc32)c(F)cc1F. The monoisotopic (exact) mass is 306 g/mol. The molecule has 0 aliphatic carbocycles. The van der Waals surface area contributed by atoms with Gasteiger partial charge in [0, 0.05) is 16.7 Å². The largest absolute Gasteiger partial charge is 0.375 e. The third kappa shape index (κ3) is 2.58. The maximum atomic E-state index is 13.9. The number of carbonyl (C=O) groups excluding carboxylic acids is 1. The molecule has 21 heavy (non-hydrogen) atoms. The second-order valence-corrected chi connectivity index (χ2v) is 5.78. The zero-order valence-corrected chi connectivity index (χ0v) is 11.7. The number of carbonyl (C=O) groups is 1. The summed E-state index contributed by atoms with van der Waals surface area (Å²) < 4.78 is 27.3. The van der Waals surface area contributed by atoms with Crippen molar-refractivity contribution in [3.8, 4) is 0 Å². The van der Waals surface area contributed by atoms with Crippen LogP contribution in [-0.2, 0) is 0 Å². The normalized spacial score (nSPS) is 16.6. The number of primary amides is 1. The Balaban J connectivity index is 1.93. The van der Waals surface area contributed by atoms with Gasteiger partial charge in [0.05, 0.1) is 17.3 Å². The fourth-order valence-corrected chi connectivity index (χ4v) is 3.48. The van der Waals surface area contributed by atoms with E-state index >= 15 is 0 Å². The molecule has 1 unspecified atom stereocenters. The maximum absolute atomic E-state index is 13.9. The summed E-state index contributed by atoms with van der Waals surface area (Å²) in [6.45, 7) is 0. The van der Waals surface area contributed by atoms with Gasteiger partial charge in [-0.3, -0.25) is 4.79 Å². The number of thioether (sulfide) groups is 1. The minimum absolute atomic E-state index is 0.0764. The number of rotatable bonds is 3. The zero-order valence-electron chi connectivity index (χ0n) is 10.9. The van der Waals surface area contributed by atoms with Crippen molar-refractivity contribution in [1.29, 1.82) is 0 Å². The van der Waals surface area contributed by atoms with E-state index in [2.05, 4.69) is 5.32 Å². The van der Waals surface area contributed by atoms with Crippen LogP contribution in [-0.4, -0.2) is 11.7 Å². The van der Waals surface area contributed by atoms with Gasteiger partial charge in [-0.05, 0) is 17.7 Å². The molecular formula is C15H12F2N2OS. The van der Waals surface area contributed by atoms with Crippen LogP contribution in [0.25, 0.3) is 0 Å². The van der Waals surface area contributed by atoms with Crippen LogP contribution < -0.4 is 11.1 Å². The summed E-state index contributed by atoms with van der Waals surface area (Å²) in [5, 5.41) is 3.02. The van der Waals surface area contributed by atoms with Crippen molar-refractivity contribution >= 4 is 23.4 Å². The number of halogens is 2. The summed E-state index contributed by atoms with van der Waals surface area (Å²) in [7, 11) is 0. The highest BCUT2D eigenvalue weighted by Crippen LogP contribution is 2.40. The Morgan fingerprint density at radius 3 is 2.76 bits per heavy atom. The van der Waals surface area contributed by atoms with Crippen molar-refractivity contribution in [2.45, 2.75) is 10.9 Å². The molecule has 2 aromatic carbocycles. The fraction of sp³-hybridized carbons (Fsp3) is 0.133. The molecule has 0 spiro atoms. The molecule has 0 saturated carbocycles. The van der Waals surface area contributed by atoms with Gasteiger partial charge < -0.3 is 11.1 Å². The third-order valence-corrected chi connectivity index (χ3v) is 4.53. The van der Waals surface area contributed by atoms with Gasteiger partial charge >= 0.3 is 0 Å². The quantitative estimate of drug-likeness (QED) is 0.914. The Kier molecular flexibility index (Phi) is 3.55. The van der Waals surface area contributed by atoms with E-state index in [1.165, 1.54) is 0 Å². The van der Waals surface area contributed by atoms with Gasteiger partial charge in [-0.2, -0.15) is 0 Å². The number of hydrogen-bond acceptors (Lipinski definition) is 3. The van der Waals surface area contributed by atoms with Gasteiger partial charge in [0.15, 0.2) is 0 Å². The number of hydrogen-bond donors (Lipinski definition) is 2. The molecule has 1 atom stereocenters. The van der Waals surface area contributed by atoms with Gasteiger partial charge in [-0.15, -0.1) is 11.8 Å². The number of nitrogens with one attached hydrogen (secondary N) is 1. The van der Waals surface area contributed by atoms with Crippen molar-refractivity contribution in [2.75, 3.05) is 11.1 Å². The second kappa shape index (κ2) is 5.37. The Morgan fingerprint density at radius 1 is 1.24 bits per heavy atom. The van der Waals surface area contributed by atoms with Crippen LogP contribution in [0.2, 0.25) is 0 Å². The minimum Gasteiger partial charge on any atom is -0.375 e. The van der Waals surface area contributed by atoms with Crippen molar-refractivity contribution in [3.63, 3.8) is 0 Å². The summed E-state index contributed by atoms with van der Waals surface area (Å²) in [6.07, 6.45) is 0. The highest BCUT2D eigenvalue weighted by Gasteiger charge is 2.24. The van der Waals surface area contributed by atoms with Gasteiger partial charge in [-0.25, -0.2) is 8.78 Å². The number of amides is 1. The molecule has 0 aromatic heterocycles. The minimum atomic E-state index is -0.952. The van der Waals surface area contributed by atoms with Crippen LogP contribution in [0.1, 0.15) is 22.0 Å². The van der Waals surface area contributed by atoms with E-state index in [9.17, 15) is 13.6 Å². The lowest BCUT2D eigenvalue weighted by Gasteiger charge is -2.16. The summed E-state index contributed by atoms with van der Waals surface area (Å²) in [5.41, 5.74) is 5.90. The lowest BCUT2D eigenvalue weighted by atomic mass is 10.1. The van der Waals surface area contributed by atoms with Gasteiger partial charge in [-0.1, -0.05) is 18.2 Å². The molecule has 6 heteroatoms. The molecule has 0 bridgehead atoms. The summed E-state index contributed by atoms with van der Waals surface area (Å²) in [4.78, 5) is 12.3. The molecule has 0 fully saturated rings. The standard InChI is InChI=1S/C15H12F2N2OS/c16-10-6-11(17)12(5-9(10)15(18)20)19-13-7-21-14-4-2-1-3-8(13)14/h1-6,13,19H,7H2,(H2,18,20). The third-order valence-electron chi connectivity index (χ3n) is 3.35. The van der Waals surface area contributed by atoms with Crippen molar-refractivity contribution < 1.29 is 13.6 Å². The summed E-state index contributed by atoms with van der Waals surface area (Å²) in [6, 6.07) is 9.52. The lowest BCUT2D eigenvalue weighted by molar-refractivity contribution is 0.0996. The molecular weight excluding hydrogens is 294 g/mol. The Morgan fingerprint density at radius 2 is 2.00 bits per heavy atom. The van der Waals surface area contributed by atoms with E-state index in [0.717, 1.165) is 22.3 Å². The van der Waals surface area contributed by atoms with Crippen LogP contribution in [0, 0.1) is 11.6 Å². The second-order valence-electron chi connectivity index (χ2n) is 4.72. The first-order valence-electron chi connectivity index (χ1n) is 6.33. The highest BCUT2D eigenvalue weighted by molar-refractivity contribution is 7.99. The Bertz CT molecular complexity index is 721. The molecule has 1 heterocycles. The average Bonchev–Trinajstić information content (AvgIpc) is 2.85. The van der Waals surface area contributed by atoms with Gasteiger partial charge in [0.25, 0.3) is 5.91 Å². The molecule has 3 N–H and O–H groups in total. The van der Waals surface area contributed by atoms with Crippen molar-refractivity contribution in [1.82, 2.24) is 0 Å². The van der Waals surface area contributed by atoms with Crippen LogP contribution in [0.5, 0.6) is 0 Å². The molecule has 3 nitrogen and oxygen atoms in total. The van der Waals surface area contributed by atoms with Crippen molar-refractivity contribution in [2.24, 2.45) is 5.73 Å². The fourth-order valence-electron chi connectivity index (χ4n) is 2.32. The number of fused-ring (bicyclic) bond motifs is 1. The van der Waals surface area contributed by atoms with Crippen molar-refractivity contribution in [3.05, 3.63) is 59.2 Å². The summed E-state index contributed by atoms with van der Waals surface area (Å²) >= 11 is 1.66. The van der Waals surface area contributed by atoms with Crippen LogP contribution in [0.3, 0.4) is 0 Å². The topological polar surface area (TPSA) is 55.1 Å². The number of anilines is 1. The molecule has 3 rings (SSSR count). The summed E-state index contributed by atoms with van der Waals surface area (Å²) in [5.74, 6) is -1.88. The molecule has 1 aliphatic rings. The first-order chi connectivity index (χ1) is 10.1. The molecule has 1 aliphatic heterocycles. The molecule has 108 valence electrons. The molecule has 1 amide bonds. The van der Waals surface area contributed by atoms with E-state index < -0.39 is 17.5 Å². The van der Waals surface area contributed by atoms with Crippen LogP contribution in [0.4, 0.5) is 14.5 Å². The van der Waals surface area contributed by atoms with Crippen LogP contribution in [0.15, 0.2) is 41.3 Å². The van der Waals surface area contributed by atoms with E-state index in [-0.39, 0.29) is 17.3 Å². The van der Waals surface area contributed by atoms with Crippen LogP contribution >= 0.6 is 11.8 Å². The average molecular weight is 306 g/mol.